The molecule has 2 aromatic rings. The SMILES string of the molecule is CCN(C)CN(CC)c1cccc2c1Cc1ccccc1-2. The first-order chi connectivity index (χ1) is 10.2. The Morgan fingerprint density at radius 2 is 1.67 bits per heavy atom. The maximum absolute atomic E-state index is 2.48. The van der Waals surface area contributed by atoms with Crippen molar-refractivity contribution in [2.24, 2.45) is 0 Å². The third kappa shape index (κ3) is 2.56. The molecule has 2 aromatic carbocycles. The number of fused-ring (bicyclic) bond motifs is 3. The van der Waals surface area contributed by atoms with Crippen molar-refractivity contribution in [3.63, 3.8) is 0 Å². The Labute approximate surface area is 128 Å². The molecule has 0 fully saturated rings. The molecule has 0 aromatic heterocycles. The lowest BCUT2D eigenvalue weighted by molar-refractivity contribution is 0.351. The van der Waals surface area contributed by atoms with Gasteiger partial charge in [-0.3, -0.25) is 4.90 Å². The van der Waals surface area contributed by atoms with Crippen LogP contribution >= 0.6 is 0 Å². The average Bonchev–Trinajstić information content (AvgIpc) is 2.91. The lowest BCUT2D eigenvalue weighted by Crippen LogP contribution is -2.36. The molecular formula is C19H24N2. The zero-order valence-corrected chi connectivity index (χ0v) is 13.3. The van der Waals surface area contributed by atoms with Gasteiger partial charge in [-0.2, -0.15) is 0 Å². The van der Waals surface area contributed by atoms with Gasteiger partial charge in [-0.15, -0.1) is 0 Å². The highest BCUT2D eigenvalue weighted by atomic mass is 15.3. The summed E-state index contributed by atoms with van der Waals surface area (Å²) in [4.78, 5) is 4.83. The monoisotopic (exact) mass is 280 g/mol. The summed E-state index contributed by atoms with van der Waals surface area (Å²) < 4.78 is 0. The lowest BCUT2D eigenvalue weighted by atomic mass is 10.0. The molecule has 0 saturated carbocycles. The molecule has 0 saturated heterocycles. The molecule has 0 radical (unpaired) electrons. The Balaban J connectivity index is 1.99. The van der Waals surface area contributed by atoms with Gasteiger partial charge in [-0.05, 0) is 48.8 Å². The highest BCUT2D eigenvalue weighted by Crippen LogP contribution is 2.41. The van der Waals surface area contributed by atoms with Gasteiger partial charge in [0.25, 0.3) is 0 Å². The standard InChI is InChI=1S/C19H24N2/c1-4-20(3)14-21(5-2)19-12-8-11-17-16-10-7-6-9-15(16)13-18(17)19/h6-12H,4-5,13-14H2,1-3H3. The number of hydrogen-bond donors (Lipinski definition) is 0. The van der Waals surface area contributed by atoms with E-state index in [2.05, 4.69) is 73.2 Å². The molecule has 1 aliphatic carbocycles. The summed E-state index contributed by atoms with van der Waals surface area (Å²) in [6.07, 6.45) is 1.06. The fourth-order valence-corrected chi connectivity index (χ4v) is 3.17. The predicted octanol–water partition coefficient (Wildman–Crippen LogP) is 3.99. The van der Waals surface area contributed by atoms with Crippen LogP contribution < -0.4 is 4.90 Å². The zero-order chi connectivity index (χ0) is 14.8. The van der Waals surface area contributed by atoms with Gasteiger partial charge in [0.15, 0.2) is 0 Å². The highest BCUT2D eigenvalue weighted by Gasteiger charge is 2.22. The van der Waals surface area contributed by atoms with Gasteiger partial charge in [0.2, 0.25) is 0 Å². The van der Waals surface area contributed by atoms with Crippen LogP contribution in [-0.2, 0) is 6.42 Å². The van der Waals surface area contributed by atoms with Gasteiger partial charge in [0, 0.05) is 18.7 Å². The minimum atomic E-state index is 0.986. The summed E-state index contributed by atoms with van der Waals surface area (Å²) in [5.41, 5.74) is 7.17. The molecule has 3 rings (SSSR count). The first kappa shape index (κ1) is 14.2. The molecule has 0 amide bonds. The second kappa shape index (κ2) is 5.90. The van der Waals surface area contributed by atoms with E-state index in [1.54, 1.807) is 0 Å². The number of benzene rings is 2. The summed E-state index contributed by atoms with van der Waals surface area (Å²) >= 11 is 0. The van der Waals surface area contributed by atoms with E-state index in [4.69, 9.17) is 0 Å². The van der Waals surface area contributed by atoms with Crippen molar-refractivity contribution in [3.8, 4) is 11.1 Å². The minimum Gasteiger partial charge on any atom is -0.359 e. The van der Waals surface area contributed by atoms with E-state index < -0.39 is 0 Å². The van der Waals surface area contributed by atoms with Crippen LogP contribution in [0.1, 0.15) is 25.0 Å². The Bertz CT molecular complexity index is 633. The molecule has 2 nitrogen and oxygen atoms in total. The van der Waals surface area contributed by atoms with Crippen LogP contribution in [0.4, 0.5) is 5.69 Å². The van der Waals surface area contributed by atoms with E-state index in [1.807, 2.05) is 0 Å². The summed E-state index contributed by atoms with van der Waals surface area (Å²) in [6.45, 7) is 7.55. The van der Waals surface area contributed by atoms with Crippen LogP contribution in [0.2, 0.25) is 0 Å². The lowest BCUT2D eigenvalue weighted by Gasteiger charge is -2.30. The van der Waals surface area contributed by atoms with Crippen molar-refractivity contribution >= 4 is 5.69 Å². The van der Waals surface area contributed by atoms with E-state index in [-0.39, 0.29) is 0 Å². The van der Waals surface area contributed by atoms with E-state index in [0.717, 1.165) is 26.2 Å². The average molecular weight is 280 g/mol. The van der Waals surface area contributed by atoms with Gasteiger partial charge < -0.3 is 4.90 Å². The Hall–Kier alpha value is -1.80. The maximum atomic E-state index is 2.48. The maximum Gasteiger partial charge on any atom is 0.0704 e. The smallest absolute Gasteiger partial charge is 0.0704 e. The molecular weight excluding hydrogens is 256 g/mol. The van der Waals surface area contributed by atoms with Crippen LogP contribution in [0.5, 0.6) is 0 Å². The summed E-state index contributed by atoms with van der Waals surface area (Å²) in [6, 6.07) is 15.5. The molecule has 21 heavy (non-hydrogen) atoms. The summed E-state index contributed by atoms with van der Waals surface area (Å²) in [5, 5.41) is 0. The molecule has 0 N–H and O–H groups in total. The van der Waals surface area contributed by atoms with E-state index in [0.29, 0.717) is 0 Å². The van der Waals surface area contributed by atoms with Crippen LogP contribution in [0, 0.1) is 0 Å². The molecule has 0 spiro atoms. The first-order valence-corrected chi connectivity index (χ1v) is 7.88. The molecule has 1 aliphatic rings. The van der Waals surface area contributed by atoms with E-state index in [9.17, 15) is 0 Å². The molecule has 0 unspecified atom stereocenters. The van der Waals surface area contributed by atoms with Gasteiger partial charge >= 0.3 is 0 Å². The van der Waals surface area contributed by atoms with Crippen molar-refractivity contribution in [2.45, 2.75) is 20.3 Å². The van der Waals surface area contributed by atoms with Gasteiger partial charge in [-0.1, -0.05) is 43.3 Å². The van der Waals surface area contributed by atoms with Crippen molar-refractivity contribution in [2.75, 3.05) is 31.7 Å². The molecule has 0 atom stereocenters. The third-order valence-corrected chi connectivity index (χ3v) is 4.50. The van der Waals surface area contributed by atoms with Crippen molar-refractivity contribution < 1.29 is 0 Å². The van der Waals surface area contributed by atoms with Crippen LogP contribution in [0.25, 0.3) is 11.1 Å². The second-order valence-corrected chi connectivity index (χ2v) is 5.81. The zero-order valence-electron chi connectivity index (χ0n) is 13.3. The van der Waals surface area contributed by atoms with E-state index in [1.165, 1.54) is 27.9 Å². The fraction of sp³-hybridized carbons (Fsp3) is 0.368. The Morgan fingerprint density at radius 3 is 2.43 bits per heavy atom. The quantitative estimate of drug-likeness (QED) is 0.652. The van der Waals surface area contributed by atoms with Crippen LogP contribution in [0.3, 0.4) is 0 Å². The van der Waals surface area contributed by atoms with Crippen LogP contribution in [0.15, 0.2) is 42.5 Å². The molecule has 0 bridgehead atoms. The van der Waals surface area contributed by atoms with Crippen LogP contribution in [-0.4, -0.2) is 31.7 Å². The van der Waals surface area contributed by atoms with E-state index >= 15 is 0 Å². The van der Waals surface area contributed by atoms with Crippen molar-refractivity contribution in [1.29, 1.82) is 0 Å². The van der Waals surface area contributed by atoms with Crippen molar-refractivity contribution in [3.05, 3.63) is 53.6 Å². The Kier molecular flexibility index (Phi) is 3.98. The fourth-order valence-electron chi connectivity index (χ4n) is 3.17. The summed E-state index contributed by atoms with van der Waals surface area (Å²) in [5.74, 6) is 0. The number of rotatable bonds is 5. The third-order valence-electron chi connectivity index (χ3n) is 4.50. The van der Waals surface area contributed by atoms with Crippen molar-refractivity contribution in [1.82, 2.24) is 4.90 Å². The van der Waals surface area contributed by atoms with Gasteiger partial charge in [0.1, 0.15) is 0 Å². The normalized spacial score (nSPS) is 12.4. The van der Waals surface area contributed by atoms with Gasteiger partial charge in [-0.25, -0.2) is 0 Å². The minimum absolute atomic E-state index is 0.986. The largest absolute Gasteiger partial charge is 0.359 e. The molecule has 0 aliphatic heterocycles. The summed E-state index contributed by atoms with van der Waals surface area (Å²) in [7, 11) is 2.18. The van der Waals surface area contributed by atoms with Gasteiger partial charge in [0.05, 0.1) is 6.67 Å². The first-order valence-electron chi connectivity index (χ1n) is 7.88. The molecule has 2 heteroatoms. The number of hydrogen-bond acceptors (Lipinski definition) is 2. The molecule has 0 heterocycles. The number of nitrogens with zero attached hydrogens (tertiary/aromatic N) is 2. The second-order valence-electron chi connectivity index (χ2n) is 5.81. The highest BCUT2D eigenvalue weighted by molar-refractivity contribution is 5.82. The topological polar surface area (TPSA) is 6.48 Å². The Morgan fingerprint density at radius 1 is 0.905 bits per heavy atom. The predicted molar refractivity (Wildman–Crippen MR) is 90.9 cm³/mol. The number of anilines is 1. The molecule has 110 valence electrons.